The molecule has 1 aromatic carbocycles. The van der Waals surface area contributed by atoms with Crippen LogP contribution in [0.1, 0.15) is 17.3 Å². The molecule has 2 heterocycles. The summed E-state index contributed by atoms with van der Waals surface area (Å²) in [6, 6.07) is 5.33. The van der Waals surface area contributed by atoms with E-state index in [0.717, 1.165) is 0 Å². The fraction of sp³-hybridized carbons (Fsp3) is 0.533. The van der Waals surface area contributed by atoms with Crippen LogP contribution < -0.4 is 9.47 Å². The number of hydrogen-bond donors (Lipinski definition) is 0. The minimum Gasteiger partial charge on any atom is -0.486 e. The quantitative estimate of drug-likeness (QED) is 0.783. The van der Waals surface area contributed by atoms with Crippen molar-refractivity contribution in [2.45, 2.75) is 19.1 Å². The van der Waals surface area contributed by atoms with Crippen LogP contribution in [0.2, 0.25) is 0 Å². The van der Waals surface area contributed by atoms with Crippen LogP contribution >= 0.6 is 11.6 Å². The highest BCUT2D eigenvalue weighted by Gasteiger charge is 2.30. The van der Waals surface area contributed by atoms with E-state index in [2.05, 4.69) is 0 Å². The molecule has 2 aliphatic heterocycles. The summed E-state index contributed by atoms with van der Waals surface area (Å²) in [6.45, 7) is 4.04. The Morgan fingerprint density at radius 1 is 1.33 bits per heavy atom. The first kappa shape index (κ1) is 14.5. The second kappa shape index (κ2) is 6.12. The van der Waals surface area contributed by atoms with Gasteiger partial charge in [-0.1, -0.05) is 0 Å². The molecule has 21 heavy (non-hydrogen) atoms. The lowest BCUT2D eigenvalue weighted by Crippen LogP contribution is -2.51. The molecule has 114 valence electrons. The fourth-order valence-electron chi connectivity index (χ4n) is 2.54. The molecule has 0 saturated carbocycles. The Bertz CT molecular complexity index is 536. The van der Waals surface area contributed by atoms with Gasteiger partial charge in [0.05, 0.1) is 24.6 Å². The van der Waals surface area contributed by atoms with Crippen LogP contribution in [0.3, 0.4) is 0 Å². The maximum atomic E-state index is 12.7. The molecule has 2 aliphatic rings. The largest absolute Gasteiger partial charge is 0.486 e. The monoisotopic (exact) mass is 311 g/mol. The molecule has 2 unspecified atom stereocenters. The number of halogens is 1. The van der Waals surface area contributed by atoms with E-state index in [1.54, 1.807) is 18.2 Å². The van der Waals surface area contributed by atoms with Gasteiger partial charge in [-0.15, -0.1) is 11.6 Å². The van der Waals surface area contributed by atoms with E-state index >= 15 is 0 Å². The van der Waals surface area contributed by atoms with E-state index in [9.17, 15) is 4.79 Å². The van der Waals surface area contributed by atoms with Gasteiger partial charge in [0.2, 0.25) is 0 Å². The van der Waals surface area contributed by atoms with Crippen molar-refractivity contribution in [1.82, 2.24) is 4.90 Å². The standard InChI is InChI=1S/C15H18ClNO4/c1-10-9-21-12(7-16)8-17(10)15(18)11-2-3-13-14(6-11)20-5-4-19-13/h2-3,6,10,12H,4-5,7-9H2,1H3. The van der Waals surface area contributed by atoms with Crippen LogP contribution in [0.15, 0.2) is 18.2 Å². The van der Waals surface area contributed by atoms with Crippen molar-refractivity contribution in [2.75, 3.05) is 32.2 Å². The predicted octanol–water partition coefficient (Wildman–Crippen LogP) is 1.93. The summed E-state index contributed by atoms with van der Waals surface area (Å²) in [6.07, 6.45) is -0.107. The van der Waals surface area contributed by atoms with Gasteiger partial charge in [0, 0.05) is 12.1 Å². The summed E-state index contributed by atoms with van der Waals surface area (Å²) in [5.41, 5.74) is 0.598. The zero-order chi connectivity index (χ0) is 14.8. The number of benzene rings is 1. The van der Waals surface area contributed by atoms with Crippen molar-refractivity contribution >= 4 is 17.5 Å². The van der Waals surface area contributed by atoms with Crippen molar-refractivity contribution in [3.63, 3.8) is 0 Å². The second-order valence-electron chi connectivity index (χ2n) is 5.27. The van der Waals surface area contributed by atoms with E-state index in [0.29, 0.717) is 49.3 Å². The topological polar surface area (TPSA) is 48.0 Å². The molecule has 3 rings (SSSR count). The molecular formula is C15H18ClNO4. The first-order valence-corrected chi connectivity index (χ1v) is 7.60. The Morgan fingerprint density at radius 2 is 2.10 bits per heavy atom. The van der Waals surface area contributed by atoms with E-state index in [1.807, 2.05) is 11.8 Å². The molecule has 0 spiro atoms. The maximum absolute atomic E-state index is 12.7. The van der Waals surface area contributed by atoms with Gasteiger partial charge < -0.3 is 19.1 Å². The molecule has 0 N–H and O–H groups in total. The molecule has 0 aliphatic carbocycles. The molecule has 1 aromatic rings. The number of ether oxygens (including phenoxy) is 3. The van der Waals surface area contributed by atoms with Gasteiger partial charge in [-0.05, 0) is 25.1 Å². The summed E-state index contributed by atoms with van der Waals surface area (Å²) in [5.74, 6) is 1.67. The predicted molar refractivity (Wildman–Crippen MR) is 78.4 cm³/mol. The third kappa shape index (κ3) is 2.94. The number of carbonyl (C=O) groups excluding carboxylic acids is 1. The Kier molecular flexibility index (Phi) is 4.22. The Hall–Kier alpha value is -1.46. The normalized spacial score (nSPS) is 24.8. The average Bonchev–Trinajstić information content (AvgIpc) is 2.54. The molecule has 6 heteroatoms. The summed E-state index contributed by atoms with van der Waals surface area (Å²) >= 11 is 5.84. The molecule has 5 nitrogen and oxygen atoms in total. The lowest BCUT2D eigenvalue weighted by atomic mass is 10.1. The number of nitrogens with zero attached hydrogens (tertiary/aromatic N) is 1. The number of amides is 1. The zero-order valence-corrected chi connectivity index (χ0v) is 12.6. The number of hydrogen-bond acceptors (Lipinski definition) is 4. The highest BCUT2D eigenvalue weighted by atomic mass is 35.5. The Labute approximate surface area is 128 Å². The molecule has 1 amide bonds. The van der Waals surface area contributed by atoms with Crippen molar-refractivity contribution in [3.8, 4) is 11.5 Å². The van der Waals surface area contributed by atoms with E-state index in [1.165, 1.54) is 0 Å². The van der Waals surface area contributed by atoms with Crippen molar-refractivity contribution in [2.24, 2.45) is 0 Å². The number of alkyl halides is 1. The van der Waals surface area contributed by atoms with E-state index in [-0.39, 0.29) is 18.1 Å². The van der Waals surface area contributed by atoms with Crippen LogP contribution in [0.25, 0.3) is 0 Å². The fourth-order valence-corrected chi connectivity index (χ4v) is 2.72. The lowest BCUT2D eigenvalue weighted by Gasteiger charge is -2.37. The van der Waals surface area contributed by atoms with Crippen LogP contribution in [-0.2, 0) is 4.74 Å². The summed E-state index contributed by atoms with van der Waals surface area (Å²) in [5, 5.41) is 0. The van der Waals surface area contributed by atoms with Gasteiger partial charge in [-0.3, -0.25) is 4.79 Å². The number of morpholine rings is 1. The van der Waals surface area contributed by atoms with Crippen LogP contribution in [-0.4, -0.2) is 55.2 Å². The number of rotatable bonds is 2. The molecule has 1 fully saturated rings. The third-order valence-electron chi connectivity index (χ3n) is 3.73. The maximum Gasteiger partial charge on any atom is 0.254 e. The Morgan fingerprint density at radius 3 is 2.86 bits per heavy atom. The number of fused-ring (bicyclic) bond motifs is 1. The van der Waals surface area contributed by atoms with Gasteiger partial charge in [0.15, 0.2) is 11.5 Å². The minimum atomic E-state index is -0.107. The highest BCUT2D eigenvalue weighted by Crippen LogP contribution is 2.31. The zero-order valence-electron chi connectivity index (χ0n) is 11.9. The first-order valence-electron chi connectivity index (χ1n) is 7.07. The molecule has 1 saturated heterocycles. The first-order chi connectivity index (χ1) is 10.2. The smallest absolute Gasteiger partial charge is 0.254 e. The Balaban J connectivity index is 1.80. The van der Waals surface area contributed by atoms with Gasteiger partial charge >= 0.3 is 0 Å². The van der Waals surface area contributed by atoms with Crippen LogP contribution in [0, 0.1) is 0 Å². The summed E-state index contributed by atoms with van der Waals surface area (Å²) in [4.78, 5) is 14.5. The molecular weight excluding hydrogens is 294 g/mol. The van der Waals surface area contributed by atoms with Gasteiger partial charge in [0.1, 0.15) is 13.2 Å². The van der Waals surface area contributed by atoms with Crippen molar-refractivity contribution in [3.05, 3.63) is 23.8 Å². The van der Waals surface area contributed by atoms with Gasteiger partial charge in [-0.2, -0.15) is 0 Å². The van der Waals surface area contributed by atoms with Crippen LogP contribution in [0.4, 0.5) is 0 Å². The molecule has 2 atom stereocenters. The lowest BCUT2D eigenvalue weighted by molar-refractivity contribution is -0.0371. The van der Waals surface area contributed by atoms with Crippen LogP contribution in [0.5, 0.6) is 11.5 Å². The van der Waals surface area contributed by atoms with Crippen molar-refractivity contribution in [1.29, 1.82) is 0 Å². The SMILES string of the molecule is CC1COC(CCl)CN1C(=O)c1ccc2c(c1)OCCO2. The number of carbonyl (C=O) groups is 1. The minimum absolute atomic E-state index is 0.0297. The molecule has 0 aromatic heterocycles. The molecule has 0 bridgehead atoms. The molecule has 0 radical (unpaired) electrons. The van der Waals surface area contributed by atoms with Crippen molar-refractivity contribution < 1.29 is 19.0 Å². The van der Waals surface area contributed by atoms with Gasteiger partial charge in [0.25, 0.3) is 5.91 Å². The van der Waals surface area contributed by atoms with E-state index in [4.69, 9.17) is 25.8 Å². The third-order valence-corrected chi connectivity index (χ3v) is 4.07. The van der Waals surface area contributed by atoms with Gasteiger partial charge in [-0.25, -0.2) is 0 Å². The summed E-state index contributed by atoms with van der Waals surface area (Å²) < 4.78 is 16.6. The highest BCUT2D eigenvalue weighted by molar-refractivity contribution is 6.18. The van der Waals surface area contributed by atoms with E-state index < -0.39 is 0 Å². The second-order valence-corrected chi connectivity index (χ2v) is 5.58. The summed E-state index contributed by atoms with van der Waals surface area (Å²) in [7, 11) is 0. The average molecular weight is 312 g/mol.